The Kier molecular flexibility index (Phi) is 6.86. The largest absolute Gasteiger partial charge is 0.497 e. The van der Waals surface area contributed by atoms with E-state index in [-0.39, 0.29) is 11.9 Å². The first-order valence-corrected chi connectivity index (χ1v) is 8.40. The molecule has 1 heterocycles. The smallest absolute Gasteiger partial charge is 0.220 e. The molecule has 0 radical (unpaired) electrons. The van der Waals surface area contributed by atoms with Crippen molar-refractivity contribution in [3.8, 4) is 5.75 Å². The van der Waals surface area contributed by atoms with Crippen molar-refractivity contribution in [1.82, 2.24) is 15.5 Å². The van der Waals surface area contributed by atoms with Crippen LogP contribution in [0, 0.1) is 0 Å². The summed E-state index contributed by atoms with van der Waals surface area (Å²) in [6.45, 7) is 1.70. The van der Waals surface area contributed by atoms with Gasteiger partial charge in [0.1, 0.15) is 5.75 Å². The summed E-state index contributed by atoms with van der Waals surface area (Å²) in [6, 6.07) is 8.67. The van der Waals surface area contributed by atoms with Crippen LogP contribution in [-0.2, 0) is 4.79 Å². The number of methoxy groups -OCH3 is 1. The lowest BCUT2D eigenvalue weighted by molar-refractivity contribution is -0.121. The van der Waals surface area contributed by atoms with E-state index in [2.05, 4.69) is 21.6 Å². The molecular weight excluding hydrogens is 290 g/mol. The third-order valence-corrected chi connectivity index (χ3v) is 4.48. The van der Waals surface area contributed by atoms with E-state index >= 15 is 0 Å². The van der Waals surface area contributed by atoms with Gasteiger partial charge in [-0.15, -0.1) is 0 Å². The molecule has 23 heavy (non-hydrogen) atoms. The van der Waals surface area contributed by atoms with Gasteiger partial charge in [-0.2, -0.15) is 0 Å². The summed E-state index contributed by atoms with van der Waals surface area (Å²) in [5.41, 5.74) is 1.15. The second kappa shape index (κ2) is 8.89. The minimum atomic E-state index is 0.133. The lowest BCUT2D eigenvalue weighted by Gasteiger charge is -2.25. The van der Waals surface area contributed by atoms with E-state index in [0.29, 0.717) is 19.0 Å². The first kappa shape index (κ1) is 17.8. The third-order valence-electron chi connectivity index (χ3n) is 4.48. The van der Waals surface area contributed by atoms with E-state index < -0.39 is 0 Å². The molecule has 2 N–H and O–H groups in total. The maximum absolute atomic E-state index is 12.1. The minimum Gasteiger partial charge on any atom is -0.497 e. The van der Waals surface area contributed by atoms with Gasteiger partial charge in [-0.1, -0.05) is 12.1 Å². The molecular formula is C18H29N3O2. The van der Waals surface area contributed by atoms with Crippen LogP contribution < -0.4 is 15.4 Å². The Bertz CT molecular complexity index is 499. The van der Waals surface area contributed by atoms with Gasteiger partial charge in [0.25, 0.3) is 0 Å². The van der Waals surface area contributed by atoms with Crippen LogP contribution in [0.25, 0.3) is 0 Å². The van der Waals surface area contributed by atoms with Gasteiger partial charge in [0.2, 0.25) is 5.91 Å². The van der Waals surface area contributed by atoms with Crippen LogP contribution in [0.5, 0.6) is 5.75 Å². The molecule has 1 saturated heterocycles. The molecule has 0 aliphatic carbocycles. The molecule has 1 fully saturated rings. The number of ether oxygens (including phenoxy) is 1. The molecule has 128 valence electrons. The number of carbonyl (C=O) groups excluding carboxylic acids is 1. The first-order chi connectivity index (χ1) is 11.1. The Morgan fingerprint density at radius 1 is 1.48 bits per heavy atom. The van der Waals surface area contributed by atoms with Gasteiger partial charge in [0, 0.05) is 19.0 Å². The summed E-state index contributed by atoms with van der Waals surface area (Å²) in [6.07, 6.45) is 3.94. The molecule has 2 unspecified atom stereocenters. The lowest BCUT2D eigenvalue weighted by atomic mass is 10.1. The molecule has 1 aliphatic heterocycles. The van der Waals surface area contributed by atoms with E-state index in [0.717, 1.165) is 24.3 Å². The molecule has 5 nitrogen and oxygen atoms in total. The maximum atomic E-state index is 12.1. The van der Waals surface area contributed by atoms with Crippen molar-refractivity contribution in [3.63, 3.8) is 0 Å². The van der Waals surface area contributed by atoms with Gasteiger partial charge in [0.15, 0.2) is 0 Å². The molecule has 0 saturated carbocycles. The fourth-order valence-corrected chi connectivity index (χ4v) is 3.05. The zero-order valence-corrected chi connectivity index (χ0v) is 14.5. The molecule has 5 heteroatoms. The zero-order valence-electron chi connectivity index (χ0n) is 14.5. The average molecular weight is 319 g/mol. The molecule has 2 atom stereocenters. The standard InChI is InChI=1S/C18H29N3O2/c1-21(2)17(14-6-4-8-16(12-14)23-3)13-20-18(22)10-9-15-7-5-11-19-15/h4,6,8,12,15,17,19H,5,7,9-11,13H2,1-3H3,(H,20,22). The zero-order chi connectivity index (χ0) is 16.7. The summed E-state index contributed by atoms with van der Waals surface area (Å²) in [5, 5.41) is 6.51. The average Bonchev–Trinajstić information content (AvgIpc) is 3.06. The van der Waals surface area contributed by atoms with Gasteiger partial charge in [0.05, 0.1) is 13.2 Å². The quantitative estimate of drug-likeness (QED) is 0.769. The van der Waals surface area contributed by atoms with Gasteiger partial charge in [-0.05, 0) is 57.6 Å². The van der Waals surface area contributed by atoms with Gasteiger partial charge in [-0.25, -0.2) is 0 Å². The Morgan fingerprint density at radius 3 is 2.96 bits per heavy atom. The summed E-state index contributed by atoms with van der Waals surface area (Å²) < 4.78 is 5.29. The van der Waals surface area contributed by atoms with Crippen LogP contribution in [0.15, 0.2) is 24.3 Å². The molecule has 1 aromatic carbocycles. The minimum absolute atomic E-state index is 0.133. The van der Waals surface area contributed by atoms with E-state index in [4.69, 9.17) is 4.74 Å². The molecule has 0 spiro atoms. The van der Waals surface area contributed by atoms with Crippen LogP contribution in [0.1, 0.15) is 37.3 Å². The Labute approximate surface area is 139 Å². The van der Waals surface area contributed by atoms with Crippen molar-refractivity contribution < 1.29 is 9.53 Å². The number of amides is 1. The van der Waals surface area contributed by atoms with Crippen molar-refractivity contribution >= 4 is 5.91 Å². The number of hydrogen-bond donors (Lipinski definition) is 2. The third kappa shape index (κ3) is 5.52. The fraction of sp³-hybridized carbons (Fsp3) is 0.611. The summed E-state index contributed by atoms with van der Waals surface area (Å²) in [4.78, 5) is 14.2. The number of nitrogens with one attached hydrogen (secondary N) is 2. The highest BCUT2D eigenvalue weighted by molar-refractivity contribution is 5.75. The highest BCUT2D eigenvalue weighted by atomic mass is 16.5. The van der Waals surface area contributed by atoms with Crippen LogP contribution in [0.4, 0.5) is 0 Å². The highest BCUT2D eigenvalue weighted by Gasteiger charge is 2.18. The monoisotopic (exact) mass is 319 g/mol. The summed E-state index contributed by atoms with van der Waals surface area (Å²) >= 11 is 0. The van der Waals surface area contributed by atoms with Gasteiger partial charge >= 0.3 is 0 Å². The lowest BCUT2D eigenvalue weighted by Crippen LogP contribution is -2.35. The number of hydrogen-bond acceptors (Lipinski definition) is 4. The summed E-state index contributed by atoms with van der Waals surface area (Å²) in [7, 11) is 5.72. The van der Waals surface area contributed by atoms with Crippen molar-refractivity contribution in [3.05, 3.63) is 29.8 Å². The van der Waals surface area contributed by atoms with E-state index in [1.54, 1.807) is 7.11 Å². The van der Waals surface area contributed by atoms with E-state index in [9.17, 15) is 4.79 Å². The molecule has 0 aromatic heterocycles. The Morgan fingerprint density at radius 2 is 2.30 bits per heavy atom. The molecule has 2 rings (SSSR count). The second-order valence-corrected chi connectivity index (χ2v) is 6.39. The molecule has 1 aromatic rings. The van der Waals surface area contributed by atoms with E-state index in [1.807, 2.05) is 32.3 Å². The number of benzene rings is 1. The molecule has 1 amide bonds. The normalized spacial score (nSPS) is 18.9. The SMILES string of the molecule is COc1cccc(C(CNC(=O)CCC2CCCN2)N(C)C)c1. The van der Waals surface area contributed by atoms with Crippen molar-refractivity contribution in [2.45, 2.75) is 37.8 Å². The maximum Gasteiger partial charge on any atom is 0.220 e. The molecule has 0 bridgehead atoms. The number of carbonyl (C=O) groups is 1. The predicted octanol–water partition coefficient (Wildman–Crippen LogP) is 1.95. The Balaban J connectivity index is 1.85. The number of nitrogens with zero attached hydrogens (tertiary/aromatic N) is 1. The highest BCUT2D eigenvalue weighted by Crippen LogP contribution is 2.22. The van der Waals surface area contributed by atoms with Crippen molar-refractivity contribution in [2.24, 2.45) is 0 Å². The molecule has 1 aliphatic rings. The predicted molar refractivity (Wildman–Crippen MR) is 92.7 cm³/mol. The summed E-state index contributed by atoms with van der Waals surface area (Å²) in [5.74, 6) is 0.974. The van der Waals surface area contributed by atoms with Crippen LogP contribution in [0.2, 0.25) is 0 Å². The number of likely N-dealkylation sites (N-methyl/N-ethyl adjacent to an activating group) is 1. The second-order valence-electron chi connectivity index (χ2n) is 6.39. The number of rotatable bonds is 8. The first-order valence-electron chi connectivity index (χ1n) is 8.40. The van der Waals surface area contributed by atoms with Crippen LogP contribution in [0.3, 0.4) is 0 Å². The van der Waals surface area contributed by atoms with Crippen LogP contribution in [-0.4, -0.2) is 51.1 Å². The topological polar surface area (TPSA) is 53.6 Å². The van der Waals surface area contributed by atoms with Crippen LogP contribution >= 0.6 is 0 Å². The van der Waals surface area contributed by atoms with Gasteiger partial charge < -0.3 is 20.3 Å². The van der Waals surface area contributed by atoms with Gasteiger partial charge in [-0.3, -0.25) is 4.79 Å². The van der Waals surface area contributed by atoms with E-state index in [1.165, 1.54) is 12.8 Å². The van der Waals surface area contributed by atoms with Crippen molar-refractivity contribution in [2.75, 3.05) is 34.3 Å². The Hall–Kier alpha value is -1.59. The van der Waals surface area contributed by atoms with Crippen molar-refractivity contribution in [1.29, 1.82) is 0 Å². The fourth-order valence-electron chi connectivity index (χ4n) is 3.05.